The zero-order valence-corrected chi connectivity index (χ0v) is 19.3. The molecule has 0 saturated heterocycles. The molecule has 0 aliphatic carbocycles. The number of hydrogen-bond acceptors (Lipinski definition) is 7. The Bertz CT molecular complexity index is 1460. The summed E-state index contributed by atoms with van der Waals surface area (Å²) in [5.41, 5.74) is 2.23. The summed E-state index contributed by atoms with van der Waals surface area (Å²) in [4.78, 5) is 21.5. The summed E-state index contributed by atoms with van der Waals surface area (Å²) in [6.45, 7) is 4.18. The molecule has 10 nitrogen and oxygen atoms in total. The molecule has 1 N–H and O–H groups in total. The standard InChI is InChI=1S/C25H23N7O3/c1-3-34-19-9-11-20(12-10-19)35-15-23(33)29-22-13-17(2)30-32(22)25-21-14-28-31(24(21)26-16-27-25)18-7-5-4-6-8-18/h4-14,16H,3,15H2,1-2H3,(H,29,33). The van der Waals surface area contributed by atoms with E-state index in [4.69, 9.17) is 9.47 Å². The third-order valence-electron chi connectivity index (χ3n) is 5.15. The molecule has 5 aromatic rings. The summed E-state index contributed by atoms with van der Waals surface area (Å²) in [6, 6.07) is 18.6. The lowest BCUT2D eigenvalue weighted by molar-refractivity contribution is -0.118. The first-order chi connectivity index (χ1) is 17.1. The van der Waals surface area contributed by atoms with Crippen molar-refractivity contribution in [1.29, 1.82) is 0 Å². The van der Waals surface area contributed by atoms with E-state index in [1.54, 1.807) is 45.9 Å². The minimum absolute atomic E-state index is 0.163. The van der Waals surface area contributed by atoms with E-state index < -0.39 is 0 Å². The number of hydrogen-bond donors (Lipinski definition) is 1. The molecule has 0 unspecified atom stereocenters. The first kappa shape index (κ1) is 22.1. The van der Waals surface area contributed by atoms with Crippen molar-refractivity contribution in [2.75, 3.05) is 18.5 Å². The zero-order chi connectivity index (χ0) is 24.2. The van der Waals surface area contributed by atoms with Gasteiger partial charge in [-0.1, -0.05) is 18.2 Å². The summed E-state index contributed by atoms with van der Waals surface area (Å²) in [5, 5.41) is 12.6. The van der Waals surface area contributed by atoms with E-state index in [0.717, 1.165) is 17.1 Å². The van der Waals surface area contributed by atoms with Gasteiger partial charge in [0.2, 0.25) is 0 Å². The maximum atomic E-state index is 12.6. The van der Waals surface area contributed by atoms with Crippen LogP contribution < -0.4 is 14.8 Å². The molecule has 0 radical (unpaired) electrons. The van der Waals surface area contributed by atoms with Crippen molar-refractivity contribution < 1.29 is 14.3 Å². The second kappa shape index (κ2) is 9.64. The number of carbonyl (C=O) groups is 1. The van der Waals surface area contributed by atoms with E-state index in [1.165, 1.54) is 6.33 Å². The average molecular weight is 470 g/mol. The minimum atomic E-state index is -0.328. The van der Waals surface area contributed by atoms with Crippen LogP contribution in [0.15, 0.2) is 73.2 Å². The number of aromatic nitrogens is 6. The number of benzene rings is 2. The molecule has 35 heavy (non-hydrogen) atoms. The van der Waals surface area contributed by atoms with Gasteiger partial charge in [-0.25, -0.2) is 14.6 Å². The van der Waals surface area contributed by atoms with Crippen molar-refractivity contribution in [3.8, 4) is 23.0 Å². The average Bonchev–Trinajstić information content (AvgIpc) is 3.47. The number of aryl methyl sites for hydroxylation is 1. The van der Waals surface area contributed by atoms with Gasteiger partial charge in [0.1, 0.15) is 23.6 Å². The molecule has 1 amide bonds. The van der Waals surface area contributed by atoms with Gasteiger partial charge in [0.25, 0.3) is 5.91 Å². The third-order valence-corrected chi connectivity index (χ3v) is 5.15. The van der Waals surface area contributed by atoms with Gasteiger partial charge >= 0.3 is 0 Å². The van der Waals surface area contributed by atoms with Crippen molar-refractivity contribution in [1.82, 2.24) is 29.5 Å². The lowest BCUT2D eigenvalue weighted by Gasteiger charge is -2.10. The summed E-state index contributed by atoms with van der Waals surface area (Å²) in [6.07, 6.45) is 3.14. The number of ether oxygens (including phenoxy) is 2. The minimum Gasteiger partial charge on any atom is -0.494 e. The number of rotatable bonds is 8. The predicted molar refractivity (Wildman–Crippen MR) is 130 cm³/mol. The number of amides is 1. The lowest BCUT2D eigenvalue weighted by Crippen LogP contribution is -2.22. The Morgan fingerprint density at radius 1 is 0.971 bits per heavy atom. The monoisotopic (exact) mass is 469 g/mol. The number of nitrogens with one attached hydrogen (secondary N) is 1. The second-order valence-corrected chi connectivity index (χ2v) is 7.65. The highest BCUT2D eigenvalue weighted by molar-refractivity contribution is 5.92. The highest BCUT2D eigenvalue weighted by atomic mass is 16.5. The Morgan fingerprint density at radius 2 is 1.71 bits per heavy atom. The molecule has 3 aromatic heterocycles. The van der Waals surface area contributed by atoms with Gasteiger partial charge in [0.05, 0.1) is 29.6 Å². The van der Waals surface area contributed by atoms with Crippen LogP contribution >= 0.6 is 0 Å². The first-order valence-electron chi connectivity index (χ1n) is 11.1. The Balaban J connectivity index is 1.36. The maximum absolute atomic E-state index is 12.6. The normalized spacial score (nSPS) is 10.9. The third kappa shape index (κ3) is 4.67. The van der Waals surface area contributed by atoms with E-state index in [2.05, 4.69) is 25.5 Å². The molecule has 0 bridgehead atoms. The van der Waals surface area contributed by atoms with Crippen LogP contribution in [0.3, 0.4) is 0 Å². The number of fused-ring (bicyclic) bond motifs is 1. The van der Waals surface area contributed by atoms with Crippen LogP contribution in [0.5, 0.6) is 11.5 Å². The molecule has 0 aliphatic heterocycles. The van der Waals surface area contributed by atoms with Crippen molar-refractivity contribution in [2.45, 2.75) is 13.8 Å². The fraction of sp³-hybridized carbons (Fsp3) is 0.160. The topological polar surface area (TPSA) is 109 Å². The van der Waals surface area contributed by atoms with Crippen LogP contribution in [0, 0.1) is 6.92 Å². The molecular formula is C25H23N7O3. The summed E-state index contributed by atoms with van der Waals surface area (Å²) in [5.74, 6) is 1.96. The van der Waals surface area contributed by atoms with Gasteiger partial charge in [-0.15, -0.1) is 0 Å². The molecule has 0 saturated carbocycles. The molecule has 3 heterocycles. The summed E-state index contributed by atoms with van der Waals surface area (Å²) < 4.78 is 14.3. The first-order valence-corrected chi connectivity index (χ1v) is 11.1. The zero-order valence-electron chi connectivity index (χ0n) is 19.3. The fourth-order valence-electron chi connectivity index (χ4n) is 3.64. The van der Waals surface area contributed by atoms with Crippen LogP contribution in [0.4, 0.5) is 5.82 Å². The predicted octanol–water partition coefficient (Wildman–Crippen LogP) is 3.73. The van der Waals surface area contributed by atoms with Gasteiger partial charge in [0.15, 0.2) is 18.1 Å². The molecule has 0 aliphatic rings. The van der Waals surface area contributed by atoms with Crippen LogP contribution in [-0.2, 0) is 4.79 Å². The fourth-order valence-corrected chi connectivity index (χ4v) is 3.64. The van der Waals surface area contributed by atoms with Crippen molar-refractivity contribution in [3.05, 3.63) is 78.9 Å². The molecule has 176 valence electrons. The molecular weight excluding hydrogens is 446 g/mol. The highest BCUT2D eigenvalue weighted by Crippen LogP contribution is 2.24. The van der Waals surface area contributed by atoms with E-state index in [9.17, 15) is 4.79 Å². The Kier molecular flexibility index (Phi) is 6.08. The van der Waals surface area contributed by atoms with Gasteiger partial charge in [-0.05, 0) is 50.2 Å². The van der Waals surface area contributed by atoms with Gasteiger partial charge in [-0.2, -0.15) is 14.9 Å². The number of anilines is 1. The number of para-hydroxylation sites is 1. The SMILES string of the molecule is CCOc1ccc(OCC(=O)Nc2cc(C)nn2-c2ncnc3c2cnn3-c2ccccc2)cc1. The van der Waals surface area contributed by atoms with Crippen molar-refractivity contribution in [2.24, 2.45) is 0 Å². The van der Waals surface area contributed by atoms with E-state index in [-0.39, 0.29) is 12.5 Å². The Morgan fingerprint density at radius 3 is 2.46 bits per heavy atom. The molecule has 0 spiro atoms. The lowest BCUT2D eigenvalue weighted by atomic mass is 10.3. The quantitative estimate of drug-likeness (QED) is 0.369. The van der Waals surface area contributed by atoms with Crippen LogP contribution in [-0.4, -0.2) is 48.6 Å². The largest absolute Gasteiger partial charge is 0.494 e. The van der Waals surface area contributed by atoms with Gasteiger partial charge in [-0.3, -0.25) is 4.79 Å². The summed E-state index contributed by atoms with van der Waals surface area (Å²) >= 11 is 0. The van der Waals surface area contributed by atoms with Gasteiger partial charge in [0, 0.05) is 6.07 Å². The molecule has 0 atom stereocenters. The van der Waals surface area contributed by atoms with Crippen LogP contribution in [0.2, 0.25) is 0 Å². The molecule has 2 aromatic carbocycles. The van der Waals surface area contributed by atoms with Crippen LogP contribution in [0.1, 0.15) is 12.6 Å². The Hall–Kier alpha value is -4.73. The maximum Gasteiger partial charge on any atom is 0.263 e. The van der Waals surface area contributed by atoms with Crippen molar-refractivity contribution >= 4 is 22.8 Å². The molecule has 5 rings (SSSR count). The van der Waals surface area contributed by atoms with E-state index in [0.29, 0.717) is 35.0 Å². The Labute approximate surface area is 201 Å². The highest BCUT2D eigenvalue weighted by Gasteiger charge is 2.17. The smallest absolute Gasteiger partial charge is 0.263 e. The number of carbonyl (C=O) groups excluding carboxylic acids is 1. The summed E-state index contributed by atoms with van der Waals surface area (Å²) in [7, 11) is 0. The van der Waals surface area contributed by atoms with Crippen molar-refractivity contribution in [3.63, 3.8) is 0 Å². The molecule has 0 fully saturated rings. The second-order valence-electron chi connectivity index (χ2n) is 7.65. The van der Waals surface area contributed by atoms with Crippen LogP contribution in [0.25, 0.3) is 22.5 Å². The molecule has 10 heteroatoms. The van der Waals surface area contributed by atoms with Gasteiger partial charge < -0.3 is 14.8 Å². The van der Waals surface area contributed by atoms with E-state index in [1.807, 2.05) is 44.2 Å². The van der Waals surface area contributed by atoms with E-state index >= 15 is 0 Å². The number of nitrogens with zero attached hydrogens (tertiary/aromatic N) is 6.